The SMILES string of the molecule is O=C1NC(=S)N(c2ccc(F)cc2)C(=O)/C1=C/c1ccoc1. The van der Waals surface area contributed by atoms with E-state index in [4.69, 9.17) is 16.6 Å². The Balaban J connectivity index is 2.01. The lowest BCUT2D eigenvalue weighted by atomic mass is 10.1. The van der Waals surface area contributed by atoms with Crippen LogP contribution in [0.1, 0.15) is 5.56 Å². The van der Waals surface area contributed by atoms with Gasteiger partial charge in [-0.1, -0.05) is 0 Å². The molecular weight excluding hydrogens is 307 g/mol. The summed E-state index contributed by atoms with van der Waals surface area (Å²) in [6.07, 6.45) is 4.24. The number of halogens is 1. The monoisotopic (exact) mass is 316 g/mol. The van der Waals surface area contributed by atoms with Crippen LogP contribution in [0.4, 0.5) is 10.1 Å². The fourth-order valence-corrected chi connectivity index (χ4v) is 2.29. The molecule has 0 atom stereocenters. The molecule has 22 heavy (non-hydrogen) atoms. The predicted octanol–water partition coefficient (Wildman–Crippen LogP) is 2.25. The molecule has 0 saturated carbocycles. The molecule has 2 amide bonds. The fraction of sp³-hybridized carbons (Fsp3) is 0. The van der Waals surface area contributed by atoms with E-state index < -0.39 is 17.6 Å². The predicted molar refractivity (Wildman–Crippen MR) is 81.3 cm³/mol. The standard InChI is InChI=1S/C15H9FN2O3S/c16-10-1-3-11(4-2-10)18-14(20)12(13(19)17-15(18)22)7-9-5-6-21-8-9/h1-8H,(H,17,19,22)/b12-7+. The number of furan rings is 1. The molecule has 2 aromatic rings. The minimum Gasteiger partial charge on any atom is -0.472 e. The van der Waals surface area contributed by atoms with Gasteiger partial charge in [0.1, 0.15) is 11.4 Å². The third-order valence-electron chi connectivity index (χ3n) is 3.04. The first-order valence-electron chi connectivity index (χ1n) is 6.25. The normalized spacial score (nSPS) is 17.0. The van der Waals surface area contributed by atoms with Crippen molar-refractivity contribution in [2.24, 2.45) is 0 Å². The van der Waals surface area contributed by atoms with E-state index in [1.807, 2.05) is 0 Å². The van der Waals surface area contributed by atoms with Crippen LogP contribution in [0, 0.1) is 5.82 Å². The van der Waals surface area contributed by atoms with Crippen molar-refractivity contribution in [1.82, 2.24) is 5.32 Å². The van der Waals surface area contributed by atoms with E-state index in [1.165, 1.54) is 42.9 Å². The number of nitrogens with one attached hydrogen (secondary N) is 1. The first kappa shape index (κ1) is 14.2. The molecule has 0 radical (unpaired) electrons. The van der Waals surface area contributed by atoms with Gasteiger partial charge in [0.15, 0.2) is 5.11 Å². The van der Waals surface area contributed by atoms with Crippen molar-refractivity contribution in [2.45, 2.75) is 0 Å². The Morgan fingerprint density at radius 1 is 1.18 bits per heavy atom. The third kappa shape index (κ3) is 2.53. The molecule has 1 aromatic carbocycles. The Morgan fingerprint density at radius 3 is 2.55 bits per heavy atom. The van der Waals surface area contributed by atoms with Crippen molar-refractivity contribution in [2.75, 3.05) is 4.90 Å². The Morgan fingerprint density at radius 2 is 1.91 bits per heavy atom. The summed E-state index contributed by atoms with van der Waals surface area (Å²) in [6, 6.07) is 6.85. The Labute approximate surface area is 130 Å². The van der Waals surface area contributed by atoms with Gasteiger partial charge in [0.05, 0.1) is 18.2 Å². The fourth-order valence-electron chi connectivity index (χ4n) is 2.01. The van der Waals surface area contributed by atoms with E-state index in [2.05, 4.69) is 5.32 Å². The first-order chi connectivity index (χ1) is 10.6. The molecule has 0 spiro atoms. The van der Waals surface area contributed by atoms with E-state index in [0.717, 1.165) is 4.90 Å². The Hall–Kier alpha value is -2.80. The molecule has 0 aliphatic carbocycles. The molecule has 110 valence electrons. The number of benzene rings is 1. The van der Waals surface area contributed by atoms with Crippen LogP contribution in [-0.2, 0) is 9.59 Å². The maximum absolute atomic E-state index is 13.0. The summed E-state index contributed by atoms with van der Waals surface area (Å²) in [5.74, 6) is -1.60. The van der Waals surface area contributed by atoms with Gasteiger partial charge in [-0.3, -0.25) is 19.8 Å². The van der Waals surface area contributed by atoms with E-state index in [-0.39, 0.29) is 10.7 Å². The number of nitrogens with zero attached hydrogens (tertiary/aromatic N) is 1. The van der Waals surface area contributed by atoms with Crippen LogP contribution in [0.3, 0.4) is 0 Å². The summed E-state index contributed by atoms with van der Waals surface area (Å²) in [4.78, 5) is 25.7. The average molecular weight is 316 g/mol. The van der Waals surface area contributed by atoms with Crippen LogP contribution in [0.25, 0.3) is 6.08 Å². The highest BCUT2D eigenvalue weighted by Crippen LogP contribution is 2.22. The molecule has 1 saturated heterocycles. The van der Waals surface area contributed by atoms with Crippen LogP contribution in [-0.4, -0.2) is 16.9 Å². The van der Waals surface area contributed by atoms with Crippen molar-refractivity contribution < 1.29 is 18.4 Å². The number of hydrogen-bond acceptors (Lipinski definition) is 4. The van der Waals surface area contributed by atoms with Crippen molar-refractivity contribution >= 4 is 40.9 Å². The lowest BCUT2D eigenvalue weighted by Gasteiger charge is -2.28. The van der Waals surface area contributed by atoms with Gasteiger partial charge in [0.2, 0.25) is 0 Å². The van der Waals surface area contributed by atoms with Crippen LogP contribution in [0.2, 0.25) is 0 Å². The number of rotatable bonds is 2. The van der Waals surface area contributed by atoms with Crippen LogP contribution < -0.4 is 10.2 Å². The second kappa shape index (κ2) is 5.53. The second-order valence-corrected chi connectivity index (χ2v) is 4.88. The highest BCUT2D eigenvalue weighted by molar-refractivity contribution is 7.80. The maximum Gasteiger partial charge on any atom is 0.270 e. The molecule has 2 heterocycles. The van der Waals surface area contributed by atoms with E-state index in [9.17, 15) is 14.0 Å². The highest BCUT2D eigenvalue weighted by atomic mass is 32.1. The van der Waals surface area contributed by atoms with Gasteiger partial charge >= 0.3 is 0 Å². The number of thiocarbonyl (C=S) groups is 1. The summed E-state index contributed by atoms with van der Waals surface area (Å²) >= 11 is 5.03. The lowest BCUT2D eigenvalue weighted by molar-refractivity contribution is -0.122. The largest absolute Gasteiger partial charge is 0.472 e. The number of carbonyl (C=O) groups excluding carboxylic acids is 2. The van der Waals surface area contributed by atoms with Gasteiger partial charge in [-0.25, -0.2) is 4.39 Å². The molecule has 0 unspecified atom stereocenters. The lowest BCUT2D eigenvalue weighted by Crippen LogP contribution is -2.54. The number of anilines is 1. The molecule has 5 nitrogen and oxygen atoms in total. The zero-order valence-electron chi connectivity index (χ0n) is 11.1. The zero-order chi connectivity index (χ0) is 15.7. The second-order valence-electron chi connectivity index (χ2n) is 4.49. The topological polar surface area (TPSA) is 62.6 Å². The Kier molecular flexibility index (Phi) is 3.56. The summed E-state index contributed by atoms with van der Waals surface area (Å²) < 4.78 is 17.9. The third-order valence-corrected chi connectivity index (χ3v) is 3.33. The summed E-state index contributed by atoms with van der Waals surface area (Å²) in [7, 11) is 0. The number of carbonyl (C=O) groups is 2. The van der Waals surface area contributed by atoms with E-state index in [0.29, 0.717) is 11.3 Å². The van der Waals surface area contributed by atoms with Crippen molar-refractivity contribution in [3.05, 3.63) is 59.8 Å². The minimum atomic E-state index is -0.588. The zero-order valence-corrected chi connectivity index (χ0v) is 11.9. The Bertz CT molecular complexity index is 782. The van der Waals surface area contributed by atoms with Gasteiger partial charge in [0, 0.05) is 5.56 Å². The number of amides is 2. The van der Waals surface area contributed by atoms with Gasteiger partial charge in [-0.05, 0) is 48.6 Å². The van der Waals surface area contributed by atoms with Crippen LogP contribution >= 0.6 is 12.2 Å². The smallest absolute Gasteiger partial charge is 0.270 e. The molecule has 1 fully saturated rings. The van der Waals surface area contributed by atoms with Crippen molar-refractivity contribution in [1.29, 1.82) is 0 Å². The van der Waals surface area contributed by atoms with Crippen LogP contribution in [0.5, 0.6) is 0 Å². The summed E-state index contributed by atoms with van der Waals surface area (Å²) in [5.41, 5.74) is 0.860. The van der Waals surface area contributed by atoms with Crippen molar-refractivity contribution in [3.63, 3.8) is 0 Å². The van der Waals surface area contributed by atoms with Crippen LogP contribution in [0.15, 0.2) is 52.8 Å². The minimum absolute atomic E-state index is 0.0500. The first-order valence-corrected chi connectivity index (χ1v) is 6.66. The summed E-state index contributed by atoms with van der Waals surface area (Å²) in [6.45, 7) is 0. The molecule has 1 aromatic heterocycles. The van der Waals surface area contributed by atoms with Gasteiger partial charge in [-0.2, -0.15) is 0 Å². The summed E-state index contributed by atoms with van der Waals surface area (Å²) in [5, 5.41) is 2.39. The molecule has 7 heteroatoms. The highest BCUT2D eigenvalue weighted by Gasteiger charge is 2.34. The quantitative estimate of drug-likeness (QED) is 0.524. The molecule has 3 rings (SSSR count). The van der Waals surface area contributed by atoms with Crippen molar-refractivity contribution in [3.8, 4) is 0 Å². The number of hydrogen-bond donors (Lipinski definition) is 1. The molecule has 1 aliphatic rings. The molecule has 1 aliphatic heterocycles. The van der Waals surface area contributed by atoms with E-state index >= 15 is 0 Å². The van der Waals surface area contributed by atoms with Gasteiger partial charge in [-0.15, -0.1) is 0 Å². The maximum atomic E-state index is 13.0. The molecule has 1 N–H and O–H groups in total. The van der Waals surface area contributed by atoms with E-state index in [1.54, 1.807) is 6.07 Å². The average Bonchev–Trinajstić information content (AvgIpc) is 2.98. The van der Waals surface area contributed by atoms with Gasteiger partial charge in [0.25, 0.3) is 11.8 Å². The molecular formula is C15H9FN2O3S. The molecule has 0 bridgehead atoms. The van der Waals surface area contributed by atoms with Gasteiger partial charge < -0.3 is 4.42 Å².